The summed E-state index contributed by atoms with van der Waals surface area (Å²) in [6, 6.07) is 6.52. The van der Waals surface area contributed by atoms with E-state index in [4.69, 9.17) is 9.47 Å². The van der Waals surface area contributed by atoms with Gasteiger partial charge in [0.2, 0.25) is 20.0 Å². The predicted octanol–water partition coefficient (Wildman–Crippen LogP) is 3.80. The molecule has 1 aliphatic heterocycles. The third-order valence-electron chi connectivity index (χ3n) is 6.62. The summed E-state index contributed by atoms with van der Waals surface area (Å²) in [7, 11) is -7.58. The summed E-state index contributed by atoms with van der Waals surface area (Å²) >= 11 is 0. The van der Waals surface area contributed by atoms with Crippen molar-refractivity contribution in [2.45, 2.75) is 57.8 Å². The third-order valence-corrected chi connectivity index (χ3v) is 10.7. The van der Waals surface area contributed by atoms with Crippen LogP contribution in [-0.2, 0) is 20.0 Å². The maximum atomic E-state index is 13.5. The molecule has 0 radical (unpaired) electrons. The van der Waals surface area contributed by atoms with Crippen molar-refractivity contribution in [2.24, 2.45) is 0 Å². The van der Waals surface area contributed by atoms with Crippen molar-refractivity contribution < 1.29 is 26.3 Å². The standard InChI is InChI=1S/C25H36N2O6S2/c1-7-32-22-10-12-24(20(5)18(22)3)34(28,29)26-14-9-15-27(17-16-26)35(30,31)25-13-11-23(33-8-2)19(4)21(25)6/h10-13H,7-9,14-17H2,1-6H3. The molecule has 8 nitrogen and oxygen atoms in total. The van der Waals surface area contributed by atoms with E-state index in [-0.39, 0.29) is 36.0 Å². The van der Waals surface area contributed by atoms with Gasteiger partial charge in [0.05, 0.1) is 23.0 Å². The summed E-state index contributed by atoms with van der Waals surface area (Å²) in [6.45, 7) is 12.7. The zero-order chi connectivity index (χ0) is 26.0. The molecule has 3 rings (SSSR count). The van der Waals surface area contributed by atoms with Crippen LogP contribution in [-0.4, -0.2) is 64.8 Å². The smallest absolute Gasteiger partial charge is 0.243 e. The van der Waals surface area contributed by atoms with Gasteiger partial charge in [-0.05, 0) is 94.5 Å². The molecule has 0 spiro atoms. The van der Waals surface area contributed by atoms with Gasteiger partial charge in [-0.3, -0.25) is 0 Å². The summed E-state index contributed by atoms with van der Waals surface area (Å²) in [5.41, 5.74) is 2.86. The van der Waals surface area contributed by atoms with Crippen molar-refractivity contribution in [1.29, 1.82) is 0 Å². The Labute approximate surface area is 209 Å². The van der Waals surface area contributed by atoms with Gasteiger partial charge in [-0.25, -0.2) is 16.8 Å². The molecule has 1 fully saturated rings. The Morgan fingerprint density at radius 3 is 1.34 bits per heavy atom. The lowest BCUT2D eigenvalue weighted by atomic mass is 10.1. The highest BCUT2D eigenvalue weighted by atomic mass is 32.2. The molecule has 0 unspecified atom stereocenters. The van der Waals surface area contributed by atoms with Crippen molar-refractivity contribution in [3.05, 3.63) is 46.5 Å². The van der Waals surface area contributed by atoms with Crippen molar-refractivity contribution >= 4 is 20.0 Å². The quantitative estimate of drug-likeness (QED) is 0.522. The van der Waals surface area contributed by atoms with Crippen molar-refractivity contribution in [2.75, 3.05) is 39.4 Å². The molecular formula is C25H36N2O6S2. The van der Waals surface area contributed by atoms with Gasteiger partial charge in [0.15, 0.2) is 0 Å². The number of nitrogens with zero attached hydrogens (tertiary/aromatic N) is 2. The van der Waals surface area contributed by atoms with Gasteiger partial charge in [0, 0.05) is 26.2 Å². The van der Waals surface area contributed by atoms with Crippen molar-refractivity contribution in [3.63, 3.8) is 0 Å². The van der Waals surface area contributed by atoms with E-state index in [1.165, 1.54) is 8.61 Å². The van der Waals surface area contributed by atoms with E-state index in [1.54, 1.807) is 38.1 Å². The first-order valence-electron chi connectivity index (χ1n) is 11.9. The Morgan fingerprint density at radius 2 is 1.00 bits per heavy atom. The van der Waals surface area contributed by atoms with Crippen LogP contribution in [0, 0.1) is 27.7 Å². The Bertz CT molecular complexity index is 1190. The average Bonchev–Trinajstić information content (AvgIpc) is 3.08. The molecule has 2 aromatic rings. The summed E-state index contributed by atoms with van der Waals surface area (Å²) in [4.78, 5) is 0.459. The fourth-order valence-electron chi connectivity index (χ4n) is 4.35. The SMILES string of the molecule is CCOc1ccc(S(=O)(=O)N2CCCN(S(=O)(=O)c3ccc(OCC)c(C)c3C)CC2)c(C)c1C. The van der Waals surface area contributed by atoms with Crippen LogP contribution in [0.2, 0.25) is 0 Å². The van der Waals surface area contributed by atoms with Gasteiger partial charge in [0.1, 0.15) is 11.5 Å². The first kappa shape index (κ1) is 27.4. The highest BCUT2D eigenvalue weighted by Crippen LogP contribution is 2.32. The van der Waals surface area contributed by atoms with Gasteiger partial charge in [-0.2, -0.15) is 8.61 Å². The van der Waals surface area contributed by atoms with E-state index in [0.717, 1.165) is 11.1 Å². The fraction of sp³-hybridized carbons (Fsp3) is 0.520. The number of ether oxygens (including phenoxy) is 2. The molecule has 0 amide bonds. The zero-order valence-corrected chi connectivity index (χ0v) is 23.1. The maximum Gasteiger partial charge on any atom is 0.243 e. The Balaban J connectivity index is 1.86. The van der Waals surface area contributed by atoms with Crippen molar-refractivity contribution in [1.82, 2.24) is 8.61 Å². The van der Waals surface area contributed by atoms with Gasteiger partial charge in [-0.1, -0.05) is 0 Å². The van der Waals surface area contributed by atoms with Gasteiger partial charge < -0.3 is 9.47 Å². The molecule has 0 aliphatic carbocycles. The normalized spacial score (nSPS) is 16.2. The van der Waals surface area contributed by atoms with Crippen LogP contribution < -0.4 is 9.47 Å². The highest BCUT2D eigenvalue weighted by Gasteiger charge is 2.33. The van der Waals surface area contributed by atoms with Crippen LogP contribution in [0.3, 0.4) is 0 Å². The molecule has 0 bridgehead atoms. The number of rotatable bonds is 8. The second kappa shape index (κ2) is 10.9. The first-order valence-corrected chi connectivity index (χ1v) is 14.8. The summed E-state index contributed by atoms with van der Waals surface area (Å²) < 4.78 is 68.0. The minimum atomic E-state index is -3.79. The van der Waals surface area contributed by atoms with E-state index in [9.17, 15) is 16.8 Å². The molecule has 0 saturated carbocycles. The zero-order valence-electron chi connectivity index (χ0n) is 21.4. The minimum Gasteiger partial charge on any atom is -0.494 e. The van der Waals surface area contributed by atoms with Crippen LogP contribution in [0.5, 0.6) is 11.5 Å². The van der Waals surface area contributed by atoms with Crippen LogP contribution in [0.15, 0.2) is 34.1 Å². The Hall–Kier alpha value is -2.14. The monoisotopic (exact) mass is 524 g/mol. The first-order chi connectivity index (χ1) is 16.5. The third kappa shape index (κ3) is 5.35. The second-order valence-corrected chi connectivity index (χ2v) is 12.5. The van der Waals surface area contributed by atoms with E-state index < -0.39 is 20.0 Å². The largest absolute Gasteiger partial charge is 0.494 e. The predicted molar refractivity (Wildman–Crippen MR) is 136 cm³/mol. The molecule has 35 heavy (non-hydrogen) atoms. The van der Waals surface area contributed by atoms with E-state index in [0.29, 0.717) is 42.3 Å². The maximum absolute atomic E-state index is 13.5. The number of hydrogen-bond acceptors (Lipinski definition) is 6. The average molecular weight is 525 g/mol. The summed E-state index contributed by atoms with van der Waals surface area (Å²) in [5, 5.41) is 0. The van der Waals surface area contributed by atoms with Crippen LogP contribution in [0.4, 0.5) is 0 Å². The van der Waals surface area contributed by atoms with Crippen molar-refractivity contribution in [3.8, 4) is 11.5 Å². The van der Waals surface area contributed by atoms with Crippen LogP contribution in [0.1, 0.15) is 42.5 Å². The highest BCUT2D eigenvalue weighted by molar-refractivity contribution is 7.89. The lowest BCUT2D eigenvalue weighted by Gasteiger charge is -2.24. The molecule has 0 N–H and O–H groups in total. The molecule has 194 valence electrons. The van der Waals surface area contributed by atoms with Gasteiger partial charge in [-0.15, -0.1) is 0 Å². The number of hydrogen-bond donors (Lipinski definition) is 0. The lowest BCUT2D eigenvalue weighted by molar-refractivity contribution is 0.337. The molecule has 1 aliphatic rings. The molecule has 1 heterocycles. The van der Waals surface area contributed by atoms with Crippen LogP contribution in [0.25, 0.3) is 0 Å². The topological polar surface area (TPSA) is 93.2 Å². The Kier molecular flexibility index (Phi) is 8.52. The van der Waals surface area contributed by atoms with Crippen LogP contribution >= 0.6 is 0 Å². The number of benzene rings is 2. The molecule has 0 atom stereocenters. The summed E-state index contributed by atoms with van der Waals surface area (Å²) in [5.74, 6) is 1.33. The van der Waals surface area contributed by atoms with E-state index >= 15 is 0 Å². The van der Waals surface area contributed by atoms with E-state index in [1.807, 2.05) is 27.7 Å². The molecule has 1 saturated heterocycles. The molecule has 2 aromatic carbocycles. The summed E-state index contributed by atoms with van der Waals surface area (Å²) in [6.07, 6.45) is 0.405. The van der Waals surface area contributed by atoms with E-state index in [2.05, 4.69) is 0 Å². The second-order valence-electron chi connectivity index (χ2n) is 8.65. The molecule has 0 aromatic heterocycles. The van der Waals surface area contributed by atoms with Gasteiger partial charge in [0.25, 0.3) is 0 Å². The Morgan fingerprint density at radius 1 is 0.629 bits per heavy atom. The van der Waals surface area contributed by atoms with Gasteiger partial charge >= 0.3 is 0 Å². The molecular weight excluding hydrogens is 488 g/mol. The number of sulfonamides is 2. The fourth-order valence-corrected chi connectivity index (χ4v) is 7.85. The lowest BCUT2D eigenvalue weighted by Crippen LogP contribution is -2.37. The minimum absolute atomic E-state index is 0.0856. The molecule has 10 heteroatoms.